The van der Waals surface area contributed by atoms with Crippen LogP contribution >= 0.6 is 0 Å². The fourth-order valence-electron chi connectivity index (χ4n) is 4.29. The molecule has 0 radical (unpaired) electrons. The van der Waals surface area contributed by atoms with E-state index in [-0.39, 0.29) is 21.7 Å². The zero-order valence-corrected chi connectivity index (χ0v) is 22.1. The molecular formula is C28H42OS. The summed E-state index contributed by atoms with van der Waals surface area (Å²) in [4.78, 5) is 1.90. The lowest BCUT2D eigenvalue weighted by atomic mass is 9.75. The van der Waals surface area contributed by atoms with E-state index in [4.69, 9.17) is 0 Å². The van der Waals surface area contributed by atoms with Gasteiger partial charge in [-0.15, -0.1) is 0 Å². The van der Waals surface area contributed by atoms with Gasteiger partial charge >= 0.3 is 0 Å². The minimum absolute atomic E-state index is 0.0110. The monoisotopic (exact) mass is 426 g/mol. The Morgan fingerprint density at radius 2 is 0.800 bits per heavy atom. The van der Waals surface area contributed by atoms with Crippen LogP contribution in [0.5, 0.6) is 0 Å². The fourth-order valence-corrected chi connectivity index (χ4v) is 6.13. The molecule has 0 aliphatic heterocycles. The highest BCUT2D eigenvalue weighted by Crippen LogP contribution is 2.42. The van der Waals surface area contributed by atoms with Crippen LogP contribution in [0.4, 0.5) is 0 Å². The molecule has 0 aliphatic carbocycles. The average Bonchev–Trinajstić information content (AvgIpc) is 2.56. The lowest BCUT2D eigenvalue weighted by Gasteiger charge is -2.34. The highest BCUT2D eigenvalue weighted by atomic mass is 32.2. The van der Waals surface area contributed by atoms with E-state index < -0.39 is 10.8 Å². The van der Waals surface area contributed by atoms with Crippen molar-refractivity contribution < 1.29 is 4.21 Å². The summed E-state index contributed by atoms with van der Waals surface area (Å²) in [5.74, 6) is 0. The first-order chi connectivity index (χ1) is 13.4. The molecule has 0 bridgehead atoms. The van der Waals surface area contributed by atoms with E-state index in [1.54, 1.807) is 0 Å². The Bertz CT molecular complexity index is 861. The van der Waals surface area contributed by atoms with E-state index in [0.29, 0.717) is 0 Å². The molecule has 2 heteroatoms. The molecular weight excluding hydrogens is 384 g/mol. The van der Waals surface area contributed by atoms with Crippen LogP contribution in [-0.4, -0.2) is 4.21 Å². The molecule has 2 aromatic carbocycles. The molecule has 166 valence electrons. The Kier molecular flexibility index (Phi) is 6.57. The summed E-state index contributed by atoms with van der Waals surface area (Å²) in [6.07, 6.45) is 0. The van der Waals surface area contributed by atoms with Crippen molar-refractivity contribution in [2.45, 2.75) is 115 Å². The maximum atomic E-state index is 14.3. The lowest BCUT2D eigenvalue weighted by Crippen LogP contribution is -2.26. The molecule has 0 spiro atoms. The van der Waals surface area contributed by atoms with Gasteiger partial charge < -0.3 is 0 Å². The average molecular weight is 427 g/mol. The van der Waals surface area contributed by atoms with E-state index in [2.05, 4.69) is 119 Å². The zero-order chi connectivity index (χ0) is 23.3. The quantitative estimate of drug-likeness (QED) is 0.475. The van der Waals surface area contributed by atoms with Gasteiger partial charge in [0, 0.05) is 9.79 Å². The smallest absolute Gasteiger partial charge is 0.0855 e. The third kappa shape index (κ3) is 5.07. The maximum absolute atomic E-state index is 14.3. The molecule has 0 saturated heterocycles. The van der Waals surface area contributed by atoms with Gasteiger partial charge in [-0.2, -0.15) is 0 Å². The predicted octanol–water partition coefficient (Wildman–Crippen LogP) is 8.04. The zero-order valence-electron chi connectivity index (χ0n) is 21.3. The third-order valence-electron chi connectivity index (χ3n) is 5.57. The summed E-state index contributed by atoms with van der Waals surface area (Å²) in [6, 6.07) is 12.7. The van der Waals surface area contributed by atoms with Crippen molar-refractivity contribution in [2.24, 2.45) is 0 Å². The highest BCUT2D eigenvalue weighted by molar-refractivity contribution is 7.85. The summed E-state index contributed by atoms with van der Waals surface area (Å²) >= 11 is 0. The minimum atomic E-state index is -1.25. The van der Waals surface area contributed by atoms with Crippen LogP contribution in [0.15, 0.2) is 46.2 Å². The van der Waals surface area contributed by atoms with E-state index in [9.17, 15) is 4.21 Å². The van der Waals surface area contributed by atoms with Gasteiger partial charge in [-0.1, -0.05) is 107 Å². The molecule has 0 aromatic heterocycles. The van der Waals surface area contributed by atoms with Crippen LogP contribution in [0.25, 0.3) is 0 Å². The standard InChI is InChI=1S/C28H42OS/c1-25(2,3)19-15-13-17-21(23(19)27(7,8)9)30(29)22-18-14-16-20(26(4,5)6)24(22)28(10,11)12/h13-18H,1-12H3. The van der Waals surface area contributed by atoms with E-state index >= 15 is 0 Å². The minimum Gasteiger partial charge on any atom is -0.249 e. The number of hydrogen-bond acceptors (Lipinski definition) is 1. The number of rotatable bonds is 2. The molecule has 0 saturated carbocycles. The summed E-state index contributed by atoms with van der Waals surface area (Å²) in [6.45, 7) is 26.8. The molecule has 0 fully saturated rings. The Morgan fingerprint density at radius 3 is 1.03 bits per heavy atom. The molecule has 1 nitrogen and oxygen atoms in total. The van der Waals surface area contributed by atoms with Gasteiger partial charge in [0.05, 0.1) is 10.8 Å². The van der Waals surface area contributed by atoms with Crippen LogP contribution in [0.1, 0.15) is 105 Å². The molecule has 0 atom stereocenters. The van der Waals surface area contributed by atoms with Crippen molar-refractivity contribution in [3.63, 3.8) is 0 Å². The second-order valence-corrected chi connectivity index (χ2v) is 14.0. The van der Waals surface area contributed by atoms with Gasteiger partial charge in [-0.3, -0.25) is 0 Å². The normalized spacial score (nSPS) is 13.8. The predicted molar refractivity (Wildman–Crippen MR) is 132 cm³/mol. The van der Waals surface area contributed by atoms with Crippen molar-refractivity contribution in [1.82, 2.24) is 0 Å². The van der Waals surface area contributed by atoms with Gasteiger partial charge in [0.2, 0.25) is 0 Å². The van der Waals surface area contributed by atoms with Crippen LogP contribution in [0.2, 0.25) is 0 Å². The Hall–Kier alpha value is -1.41. The van der Waals surface area contributed by atoms with Crippen LogP contribution in [0.3, 0.4) is 0 Å². The molecule has 0 aliphatic rings. The van der Waals surface area contributed by atoms with E-state index in [1.165, 1.54) is 22.3 Å². The largest absolute Gasteiger partial charge is 0.249 e. The molecule has 0 heterocycles. The van der Waals surface area contributed by atoms with Crippen LogP contribution in [0, 0.1) is 0 Å². The fraction of sp³-hybridized carbons (Fsp3) is 0.571. The first-order valence-electron chi connectivity index (χ1n) is 11.1. The third-order valence-corrected chi connectivity index (χ3v) is 7.05. The molecule has 0 amide bonds. The van der Waals surface area contributed by atoms with Crippen molar-refractivity contribution >= 4 is 10.8 Å². The van der Waals surface area contributed by atoms with Crippen LogP contribution < -0.4 is 0 Å². The van der Waals surface area contributed by atoms with Gasteiger partial charge in [0.15, 0.2) is 0 Å². The van der Waals surface area contributed by atoms with Crippen molar-refractivity contribution in [2.75, 3.05) is 0 Å². The molecule has 30 heavy (non-hydrogen) atoms. The Labute approximate surface area is 188 Å². The van der Waals surface area contributed by atoms with Gasteiger partial charge in [-0.25, -0.2) is 4.21 Å². The number of hydrogen-bond donors (Lipinski definition) is 0. The van der Waals surface area contributed by atoms with Crippen molar-refractivity contribution in [3.8, 4) is 0 Å². The van der Waals surface area contributed by atoms with Crippen molar-refractivity contribution in [3.05, 3.63) is 58.7 Å². The van der Waals surface area contributed by atoms with Gasteiger partial charge in [0.25, 0.3) is 0 Å². The molecule has 0 N–H and O–H groups in total. The second kappa shape index (κ2) is 7.93. The van der Waals surface area contributed by atoms with Crippen molar-refractivity contribution in [1.29, 1.82) is 0 Å². The summed E-state index contributed by atoms with van der Waals surface area (Å²) < 4.78 is 14.3. The first kappa shape index (κ1) is 24.9. The summed E-state index contributed by atoms with van der Waals surface area (Å²) in [5, 5.41) is 0. The van der Waals surface area contributed by atoms with Crippen LogP contribution in [-0.2, 0) is 32.5 Å². The SMILES string of the molecule is CC(C)(C)c1cccc(S(=O)c2cccc(C(C)(C)C)c2C(C)(C)C)c1C(C)(C)C. The van der Waals surface area contributed by atoms with E-state index in [0.717, 1.165) is 9.79 Å². The topological polar surface area (TPSA) is 17.1 Å². The first-order valence-corrected chi connectivity index (χ1v) is 12.2. The molecule has 2 aromatic rings. The molecule has 2 rings (SSSR count). The molecule has 0 unspecified atom stereocenters. The van der Waals surface area contributed by atoms with Gasteiger partial charge in [-0.05, 0) is 56.0 Å². The van der Waals surface area contributed by atoms with E-state index in [1.807, 2.05) is 0 Å². The maximum Gasteiger partial charge on any atom is 0.0855 e. The Morgan fingerprint density at radius 1 is 0.500 bits per heavy atom. The Balaban J connectivity index is 2.90. The highest BCUT2D eigenvalue weighted by Gasteiger charge is 2.33. The summed E-state index contributed by atoms with van der Waals surface area (Å²) in [5.41, 5.74) is 4.78. The summed E-state index contributed by atoms with van der Waals surface area (Å²) in [7, 11) is -1.25. The lowest BCUT2D eigenvalue weighted by molar-refractivity contribution is 0.516. The second-order valence-electron chi connectivity index (χ2n) is 12.6. The van der Waals surface area contributed by atoms with Gasteiger partial charge in [0.1, 0.15) is 0 Å². The number of benzene rings is 2.